The maximum atomic E-state index is 12.5. The van der Waals surface area contributed by atoms with E-state index in [4.69, 9.17) is 4.74 Å². The van der Waals surface area contributed by atoms with E-state index in [0.717, 1.165) is 0 Å². The molecule has 2 rings (SSSR count). The highest BCUT2D eigenvalue weighted by Crippen LogP contribution is 2.30. The zero-order valence-electron chi connectivity index (χ0n) is 14.4. The molecule has 0 aliphatic heterocycles. The molecule has 6 nitrogen and oxygen atoms in total. The predicted octanol–water partition coefficient (Wildman–Crippen LogP) is 3.22. The number of methoxy groups -OCH3 is 1. The van der Waals surface area contributed by atoms with Crippen molar-refractivity contribution < 1.29 is 27.8 Å². The number of carbonyl (C=O) groups is 2. The lowest BCUT2D eigenvalue weighted by Gasteiger charge is -2.13. The second-order valence-corrected chi connectivity index (χ2v) is 5.26. The van der Waals surface area contributed by atoms with Gasteiger partial charge in [-0.15, -0.1) is 0 Å². The first-order chi connectivity index (χ1) is 12.4. The molecule has 2 aromatic carbocycles. The molecule has 2 N–H and O–H groups in total. The zero-order valence-corrected chi connectivity index (χ0v) is 14.4. The number of alkyl halides is 2. The quantitative estimate of drug-likeness (QED) is 0.825. The summed E-state index contributed by atoms with van der Waals surface area (Å²) < 4.78 is 34.1. The third-order valence-electron chi connectivity index (χ3n) is 3.70. The molecule has 2 aromatic rings. The summed E-state index contributed by atoms with van der Waals surface area (Å²) in [4.78, 5) is 24.3. The van der Waals surface area contributed by atoms with Crippen molar-refractivity contribution >= 4 is 17.5 Å². The maximum absolute atomic E-state index is 12.5. The average molecular weight is 364 g/mol. The van der Waals surface area contributed by atoms with E-state index in [-0.39, 0.29) is 23.0 Å². The van der Waals surface area contributed by atoms with Crippen LogP contribution in [0.2, 0.25) is 0 Å². The fraction of sp³-hybridized carbons (Fsp3) is 0.222. The van der Waals surface area contributed by atoms with E-state index in [2.05, 4.69) is 15.4 Å². The Morgan fingerprint density at radius 2 is 1.81 bits per heavy atom. The van der Waals surface area contributed by atoms with Crippen molar-refractivity contribution in [1.29, 1.82) is 0 Å². The fourth-order valence-electron chi connectivity index (χ4n) is 2.35. The second kappa shape index (κ2) is 8.28. The van der Waals surface area contributed by atoms with Gasteiger partial charge >= 0.3 is 6.61 Å². The van der Waals surface area contributed by atoms with Gasteiger partial charge in [-0.25, -0.2) is 0 Å². The first kappa shape index (κ1) is 19.2. The fourth-order valence-corrected chi connectivity index (χ4v) is 2.35. The average Bonchev–Trinajstić information content (AvgIpc) is 2.62. The number of benzene rings is 2. The van der Waals surface area contributed by atoms with E-state index in [1.54, 1.807) is 25.1 Å². The Morgan fingerprint density at radius 1 is 1.08 bits per heavy atom. The maximum Gasteiger partial charge on any atom is 0.387 e. The standard InChI is InChI=1S/C18H18F2N2O4/c1-10-12(17(24)21-2)5-4-6-13(10)22-16(23)11-7-8-14(26-18(19)20)15(9-11)25-3/h4-9,18H,1-3H3,(H,21,24)(H,22,23). The lowest BCUT2D eigenvalue weighted by atomic mass is 10.1. The summed E-state index contributed by atoms with van der Waals surface area (Å²) in [5.41, 5.74) is 1.68. The van der Waals surface area contributed by atoms with Crippen LogP contribution < -0.4 is 20.1 Å². The van der Waals surface area contributed by atoms with E-state index in [0.29, 0.717) is 16.8 Å². The van der Waals surface area contributed by atoms with Crippen molar-refractivity contribution in [2.24, 2.45) is 0 Å². The molecule has 0 spiro atoms. The number of amides is 2. The van der Waals surface area contributed by atoms with E-state index >= 15 is 0 Å². The molecular weight excluding hydrogens is 346 g/mol. The van der Waals surface area contributed by atoms with Crippen LogP contribution in [-0.4, -0.2) is 32.6 Å². The summed E-state index contributed by atoms with van der Waals surface area (Å²) in [5.74, 6) is -0.913. The Labute approximate surface area is 149 Å². The van der Waals surface area contributed by atoms with Crippen LogP contribution in [0.25, 0.3) is 0 Å². The molecule has 0 atom stereocenters. The van der Waals surface area contributed by atoms with Crippen molar-refractivity contribution in [3.05, 3.63) is 53.1 Å². The van der Waals surface area contributed by atoms with Crippen LogP contribution in [0.15, 0.2) is 36.4 Å². The third-order valence-corrected chi connectivity index (χ3v) is 3.70. The molecule has 138 valence electrons. The topological polar surface area (TPSA) is 76.7 Å². The Hall–Kier alpha value is -3.16. The monoisotopic (exact) mass is 364 g/mol. The zero-order chi connectivity index (χ0) is 19.3. The molecule has 0 fully saturated rings. The molecule has 0 aliphatic rings. The molecule has 2 amide bonds. The van der Waals surface area contributed by atoms with Crippen LogP contribution in [0.4, 0.5) is 14.5 Å². The Bertz CT molecular complexity index is 825. The van der Waals surface area contributed by atoms with E-state index in [1.807, 2.05) is 0 Å². The molecule has 0 unspecified atom stereocenters. The van der Waals surface area contributed by atoms with Gasteiger partial charge in [-0.1, -0.05) is 6.07 Å². The van der Waals surface area contributed by atoms with Gasteiger partial charge in [-0.05, 0) is 42.8 Å². The highest BCUT2D eigenvalue weighted by atomic mass is 19.3. The summed E-state index contributed by atoms with van der Waals surface area (Å²) in [6.07, 6.45) is 0. The highest BCUT2D eigenvalue weighted by Gasteiger charge is 2.16. The van der Waals surface area contributed by atoms with Crippen LogP contribution in [-0.2, 0) is 0 Å². The molecule has 8 heteroatoms. The lowest BCUT2D eigenvalue weighted by Crippen LogP contribution is -2.20. The molecule has 0 bridgehead atoms. The third kappa shape index (κ3) is 4.27. The van der Waals surface area contributed by atoms with Gasteiger partial charge in [0.05, 0.1) is 7.11 Å². The minimum atomic E-state index is -3.00. The summed E-state index contributed by atoms with van der Waals surface area (Å²) in [5, 5.41) is 5.22. The minimum Gasteiger partial charge on any atom is -0.493 e. The minimum absolute atomic E-state index is 0.00813. The predicted molar refractivity (Wildman–Crippen MR) is 92.1 cm³/mol. The van der Waals surface area contributed by atoms with Crippen molar-refractivity contribution in [2.45, 2.75) is 13.5 Å². The van der Waals surface area contributed by atoms with Crippen LogP contribution in [0.5, 0.6) is 11.5 Å². The normalized spacial score (nSPS) is 10.4. The van der Waals surface area contributed by atoms with Gasteiger partial charge in [0, 0.05) is 23.9 Å². The van der Waals surface area contributed by atoms with Crippen LogP contribution in [0, 0.1) is 6.92 Å². The molecule has 0 aliphatic carbocycles. The molecule has 0 saturated heterocycles. The number of ether oxygens (including phenoxy) is 2. The molecule has 0 radical (unpaired) electrons. The van der Waals surface area contributed by atoms with E-state index in [9.17, 15) is 18.4 Å². The van der Waals surface area contributed by atoms with Gasteiger partial charge in [0.2, 0.25) is 0 Å². The number of rotatable bonds is 6. The second-order valence-electron chi connectivity index (χ2n) is 5.26. The van der Waals surface area contributed by atoms with E-state index in [1.165, 1.54) is 32.4 Å². The summed E-state index contributed by atoms with van der Waals surface area (Å²) in [7, 11) is 2.80. The number of halogens is 2. The first-order valence-electron chi connectivity index (χ1n) is 7.63. The van der Waals surface area contributed by atoms with Crippen molar-refractivity contribution in [3.8, 4) is 11.5 Å². The molecular formula is C18H18F2N2O4. The number of hydrogen-bond acceptors (Lipinski definition) is 4. The van der Waals surface area contributed by atoms with Crippen LogP contribution >= 0.6 is 0 Å². The first-order valence-corrected chi connectivity index (χ1v) is 7.63. The van der Waals surface area contributed by atoms with Crippen molar-refractivity contribution in [1.82, 2.24) is 5.32 Å². The van der Waals surface area contributed by atoms with E-state index < -0.39 is 12.5 Å². The molecule has 0 aromatic heterocycles. The number of carbonyl (C=O) groups excluding carboxylic acids is 2. The molecule has 0 heterocycles. The van der Waals surface area contributed by atoms with Gasteiger partial charge in [0.1, 0.15) is 0 Å². The highest BCUT2D eigenvalue weighted by molar-refractivity contribution is 6.06. The van der Waals surface area contributed by atoms with Gasteiger partial charge in [-0.3, -0.25) is 9.59 Å². The SMILES string of the molecule is CNC(=O)c1cccc(NC(=O)c2ccc(OC(F)F)c(OC)c2)c1C. The summed E-state index contributed by atoms with van der Waals surface area (Å²) in [6.45, 7) is -1.29. The summed E-state index contributed by atoms with van der Waals surface area (Å²) in [6, 6.07) is 8.81. The Balaban J connectivity index is 2.27. The largest absolute Gasteiger partial charge is 0.493 e. The number of nitrogens with one attached hydrogen (secondary N) is 2. The van der Waals surface area contributed by atoms with Crippen LogP contribution in [0.1, 0.15) is 26.3 Å². The lowest BCUT2D eigenvalue weighted by molar-refractivity contribution is -0.0512. The van der Waals surface area contributed by atoms with Gasteiger partial charge in [-0.2, -0.15) is 8.78 Å². The molecule has 0 saturated carbocycles. The Morgan fingerprint density at radius 3 is 2.42 bits per heavy atom. The van der Waals surface area contributed by atoms with Gasteiger partial charge < -0.3 is 20.1 Å². The number of hydrogen-bond donors (Lipinski definition) is 2. The van der Waals surface area contributed by atoms with Gasteiger partial charge in [0.25, 0.3) is 11.8 Å². The smallest absolute Gasteiger partial charge is 0.387 e. The van der Waals surface area contributed by atoms with Crippen LogP contribution in [0.3, 0.4) is 0 Å². The van der Waals surface area contributed by atoms with Gasteiger partial charge in [0.15, 0.2) is 11.5 Å². The summed E-state index contributed by atoms with van der Waals surface area (Å²) >= 11 is 0. The number of anilines is 1. The Kier molecular flexibility index (Phi) is 6.11. The van der Waals surface area contributed by atoms with Crippen molar-refractivity contribution in [3.63, 3.8) is 0 Å². The molecule has 26 heavy (non-hydrogen) atoms. The van der Waals surface area contributed by atoms with Crippen molar-refractivity contribution in [2.75, 3.05) is 19.5 Å².